The molecule has 1 fully saturated rings. The minimum atomic E-state index is 0.275. The van der Waals surface area contributed by atoms with E-state index in [-0.39, 0.29) is 5.91 Å². The van der Waals surface area contributed by atoms with Crippen molar-refractivity contribution in [1.29, 1.82) is 0 Å². The minimum absolute atomic E-state index is 0.275. The van der Waals surface area contributed by atoms with Crippen LogP contribution in [-0.2, 0) is 4.79 Å². The zero-order valence-corrected chi connectivity index (χ0v) is 8.51. The highest BCUT2D eigenvalue weighted by molar-refractivity contribution is 7.08. The molecule has 13 heavy (non-hydrogen) atoms. The van der Waals surface area contributed by atoms with E-state index >= 15 is 0 Å². The molecule has 1 aromatic rings. The van der Waals surface area contributed by atoms with Gasteiger partial charge in [-0.3, -0.25) is 4.79 Å². The molecule has 0 aliphatic carbocycles. The molecule has 1 aliphatic rings. The summed E-state index contributed by atoms with van der Waals surface area (Å²) in [6, 6.07) is 2.39. The molecule has 70 valence electrons. The van der Waals surface area contributed by atoms with Gasteiger partial charge in [-0.2, -0.15) is 11.3 Å². The number of nitrogens with zero attached hydrogens (tertiary/aromatic N) is 1. The van der Waals surface area contributed by atoms with Crippen molar-refractivity contribution in [2.24, 2.45) is 0 Å². The van der Waals surface area contributed by atoms with Crippen LogP contribution in [0.1, 0.15) is 26.2 Å². The van der Waals surface area contributed by atoms with Gasteiger partial charge in [-0.1, -0.05) is 0 Å². The van der Waals surface area contributed by atoms with Crippen molar-refractivity contribution in [3.63, 3.8) is 0 Å². The van der Waals surface area contributed by atoms with Gasteiger partial charge in [0.1, 0.15) is 0 Å². The number of rotatable bonds is 1. The summed E-state index contributed by atoms with van der Waals surface area (Å²) in [5.41, 5.74) is 1.07. The van der Waals surface area contributed by atoms with Gasteiger partial charge >= 0.3 is 0 Å². The largest absolute Gasteiger partial charge is 0.309 e. The summed E-state index contributed by atoms with van der Waals surface area (Å²) in [5.74, 6) is 0.275. The van der Waals surface area contributed by atoms with Crippen LogP contribution in [0.3, 0.4) is 0 Å². The summed E-state index contributed by atoms with van der Waals surface area (Å²) < 4.78 is 0. The highest BCUT2D eigenvalue weighted by Gasteiger charge is 2.25. The van der Waals surface area contributed by atoms with Crippen molar-refractivity contribution < 1.29 is 4.79 Å². The molecule has 2 heterocycles. The van der Waals surface area contributed by atoms with Gasteiger partial charge in [0.25, 0.3) is 0 Å². The van der Waals surface area contributed by atoms with Gasteiger partial charge in [0, 0.05) is 17.8 Å². The molecule has 0 bridgehead atoms. The number of hydrogen-bond acceptors (Lipinski definition) is 2. The lowest BCUT2D eigenvalue weighted by Crippen LogP contribution is -2.41. The second kappa shape index (κ2) is 3.50. The number of piperidine rings is 1. The molecular formula is C10H13NOS. The monoisotopic (exact) mass is 195 g/mol. The molecule has 0 N–H and O–H groups in total. The molecule has 0 unspecified atom stereocenters. The number of anilines is 1. The Morgan fingerprint density at radius 3 is 3.08 bits per heavy atom. The molecule has 1 aromatic heterocycles. The number of amides is 1. The molecule has 2 rings (SSSR count). The Balaban J connectivity index is 2.24. The molecule has 0 saturated carbocycles. The van der Waals surface area contributed by atoms with Crippen molar-refractivity contribution in [2.45, 2.75) is 32.2 Å². The summed E-state index contributed by atoms with van der Waals surface area (Å²) in [6.45, 7) is 2.12. The summed E-state index contributed by atoms with van der Waals surface area (Å²) in [4.78, 5) is 13.6. The maximum absolute atomic E-state index is 11.6. The van der Waals surface area contributed by atoms with Crippen LogP contribution < -0.4 is 4.90 Å². The second-order valence-electron chi connectivity index (χ2n) is 3.49. The lowest BCUT2D eigenvalue weighted by molar-refractivity contribution is -0.120. The van der Waals surface area contributed by atoms with E-state index in [4.69, 9.17) is 0 Å². The van der Waals surface area contributed by atoms with Gasteiger partial charge in [-0.05, 0) is 31.2 Å². The van der Waals surface area contributed by atoms with E-state index < -0.39 is 0 Å². The first-order valence-corrected chi connectivity index (χ1v) is 5.57. The molecule has 0 spiro atoms. The van der Waals surface area contributed by atoms with Crippen LogP contribution in [0.2, 0.25) is 0 Å². The topological polar surface area (TPSA) is 20.3 Å². The van der Waals surface area contributed by atoms with E-state index in [1.165, 1.54) is 0 Å². The maximum Gasteiger partial charge on any atom is 0.227 e. The molecule has 1 amide bonds. The zero-order valence-electron chi connectivity index (χ0n) is 7.69. The predicted molar refractivity (Wildman–Crippen MR) is 55.1 cm³/mol. The molecule has 3 heteroatoms. The van der Waals surface area contributed by atoms with Crippen molar-refractivity contribution >= 4 is 22.9 Å². The second-order valence-corrected chi connectivity index (χ2v) is 4.27. The summed E-state index contributed by atoms with van der Waals surface area (Å²) in [7, 11) is 0. The number of thiophene rings is 1. The van der Waals surface area contributed by atoms with Crippen LogP contribution in [0.25, 0.3) is 0 Å². The lowest BCUT2D eigenvalue weighted by atomic mass is 10.0. The van der Waals surface area contributed by atoms with Gasteiger partial charge in [-0.15, -0.1) is 0 Å². The van der Waals surface area contributed by atoms with E-state index in [0.29, 0.717) is 12.5 Å². The van der Waals surface area contributed by atoms with Crippen molar-refractivity contribution in [2.75, 3.05) is 4.90 Å². The minimum Gasteiger partial charge on any atom is -0.309 e. The Labute approximate surface area is 82.2 Å². The van der Waals surface area contributed by atoms with Crippen LogP contribution in [0, 0.1) is 0 Å². The molecule has 0 aromatic carbocycles. The SMILES string of the molecule is C[C@@H]1CCCC(=O)N1c1ccsc1. The fourth-order valence-electron chi connectivity index (χ4n) is 1.84. The Hall–Kier alpha value is -0.830. The van der Waals surface area contributed by atoms with Gasteiger partial charge < -0.3 is 4.90 Å². The molecule has 0 radical (unpaired) electrons. The van der Waals surface area contributed by atoms with Crippen molar-refractivity contribution in [3.05, 3.63) is 16.8 Å². The smallest absolute Gasteiger partial charge is 0.227 e. The molecule has 2 nitrogen and oxygen atoms in total. The van der Waals surface area contributed by atoms with Gasteiger partial charge in [-0.25, -0.2) is 0 Å². The molecular weight excluding hydrogens is 182 g/mol. The first kappa shape index (κ1) is 8.75. The predicted octanol–water partition coefficient (Wildman–Crippen LogP) is 2.65. The first-order valence-electron chi connectivity index (χ1n) is 4.63. The van der Waals surface area contributed by atoms with Crippen molar-refractivity contribution in [3.8, 4) is 0 Å². The van der Waals surface area contributed by atoms with E-state index in [2.05, 4.69) is 6.92 Å². The van der Waals surface area contributed by atoms with Gasteiger partial charge in [0.15, 0.2) is 0 Å². The third kappa shape index (κ3) is 1.61. The highest BCUT2D eigenvalue weighted by atomic mass is 32.1. The zero-order chi connectivity index (χ0) is 9.26. The number of carbonyl (C=O) groups excluding carboxylic acids is 1. The Morgan fingerprint density at radius 2 is 2.46 bits per heavy atom. The van der Waals surface area contributed by atoms with Crippen LogP contribution in [0.4, 0.5) is 5.69 Å². The van der Waals surface area contributed by atoms with E-state index in [1.807, 2.05) is 21.7 Å². The summed E-state index contributed by atoms with van der Waals surface area (Å²) >= 11 is 1.64. The summed E-state index contributed by atoms with van der Waals surface area (Å²) in [5, 5.41) is 4.06. The van der Waals surface area contributed by atoms with E-state index in [1.54, 1.807) is 11.3 Å². The van der Waals surface area contributed by atoms with E-state index in [0.717, 1.165) is 18.5 Å². The standard InChI is InChI=1S/C10H13NOS/c1-8-3-2-4-10(12)11(8)9-5-6-13-7-9/h5-8H,2-4H2,1H3/t8-/m1/s1. The highest BCUT2D eigenvalue weighted by Crippen LogP contribution is 2.26. The van der Waals surface area contributed by atoms with Crippen molar-refractivity contribution in [1.82, 2.24) is 0 Å². The maximum atomic E-state index is 11.6. The average molecular weight is 195 g/mol. The third-order valence-electron chi connectivity index (χ3n) is 2.51. The Kier molecular flexibility index (Phi) is 2.36. The van der Waals surface area contributed by atoms with Crippen LogP contribution >= 0.6 is 11.3 Å². The molecule has 1 saturated heterocycles. The fourth-order valence-corrected chi connectivity index (χ4v) is 2.47. The van der Waals surface area contributed by atoms with Crippen LogP contribution in [0.5, 0.6) is 0 Å². The summed E-state index contributed by atoms with van der Waals surface area (Å²) in [6.07, 6.45) is 2.88. The number of hydrogen-bond donors (Lipinski definition) is 0. The average Bonchev–Trinajstić information content (AvgIpc) is 2.57. The fraction of sp³-hybridized carbons (Fsp3) is 0.500. The Bertz CT molecular complexity index is 294. The van der Waals surface area contributed by atoms with E-state index in [9.17, 15) is 4.79 Å². The molecule has 1 atom stereocenters. The number of carbonyl (C=O) groups is 1. The normalized spacial score (nSPS) is 23.6. The van der Waals surface area contributed by atoms with Gasteiger partial charge in [0.2, 0.25) is 5.91 Å². The lowest BCUT2D eigenvalue weighted by Gasteiger charge is -2.32. The van der Waals surface area contributed by atoms with Crippen LogP contribution in [0.15, 0.2) is 16.8 Å². The van der Waals surface area contributed by atoms with Gasteiger partial charge in [0.05, 0.1) is 5.69 Å². The first-order chi connectivity index (χ1) is 6.29. The van der Waals surface area contributed by atoms with Crippen LogP contribution in [-0.4, -0.2) is 11.9 Å². The quantitative estimate of drug-likeness (QED) is 0.674. The molecule has 1 aliphatic heterocycles. The Morgan fingerprint density at radius 1 is 1.62 bits per heavy atom. The third-order valence-corrected chi connectivity index (χ3v) is 3.18.